The summed E-state index contributed by atoms with van der Waals surface area (Å²) in [6.07, 6.45) is 5.58. The Labute approximate surface area is 84.4 Å². The van der Waals surface area contributed by atoms with E-state index >= 15 is 0 Å². The Morgan fingerprint density at radius 2 is 1.85 bits per heavy atom. The van der Waals surface area contributed by atoms with Crippen LogP contribution >= 0.6 is 11.8 Å². The second-order valence-electron chi connectivity index (χ2n) is 3.90. The van der Waals surface area contributed by atoms with Crippen LogP contribution in [0.3, 0.4) is 0 Å². The first-order chi connectivity index (χ1) is 6.38. The molecule has 13 heavy (non-hydrogen) atoms. The summed E-state index contributed by atoms with van der Waals surface area (Å²) in [7, 11) is 1.82. The van der Waals surface area contributed by atoms with Crippen LogP contribution in [0.4, 0.5) is 0 Å². The Morgan fingerprint density at radius 1 is 1.15 bits per heavy atom. The third kappa shape index (κ3) is 2.61. The third-order valence-corrected chi connectivity index (χ3v) is 4.56. The van der Waals surface area contributed by atoms with Gasteiger partial charge in [0.15, 0.2) is 0 Å². The average Bonchev–Trinajstić information content (AvgIpc) is 2.12. The van der Waals surface area contributed by atoms with E-state index in [4.69, 9.17) is 9.47 Å². The van der Waals surface area contributed by atoms with Crippen molar-refractivity contribution in [3.05, 3.63) is 0 Å². The molecule has 1 saturated carbocycles. The minimum atomic E-state index is 0.553. The van der Waals surface area contributed by atoms with Crippen LogP contribution in [-0.4, -0.2) is 36.9 Å². The van der Waals surface area contributed by atoms with Crippen molar-refractivity contribution >= 4 is 11.8 Å². The lowest BCUT2D eigenvalue weighted by atomic mass is 9.95. The van der Waals surface area contributed by atoms with Crippen LogP contribution < -0.4 is 0 Å². The van der Waals surface area contributed by atoms with Crippen molar-refractivity contribution in [3.63, 3.8) is 0 Å². The molecule has 2 nitrogen and oxygen atoms in total. The molecule has 0 amide bonds. The second-order valence-corrected chi connectivity index (χ2v) is 5.50. The molecule has 1 heterocycles. The lowest BCUT2D eigenvalue weighted by Crippen LogP contribution is -2.34. The van der Waals surface area contributed by atoms with E-state index in [1.54, 1.807) is 0 Å². The van der Waals surface area contributed by atoms with E-state index in [9.17, 15) is 0 Å². The van der Waals surface area contributed by atoms with Gasteiger partial charge in [-0.2, -0.15) is 11.8 Å². The van der Waals surface area contributed by atoms with Gasteiger partial charge in [-0.1, -0.05) is 0 Å². The highest BCUT2D eigenvalue weighted by atomic mass is 32.2. The zero-order valence-corrected chi connectivity index (χ0v) is 9.02. The highest BCUT2D eigenvalue weighted by Crippen LogP contribution is 2.38. The molecule has 76 valence electrons. The molecule has 0 aromatic rings. The SMILES string of the molecule is COC1CC(SC2CCOCC2)C1. The van der Waals surface area contributed by atoms with Crippen molar-refractivity contribution < 1.29 is 9.47 Å². The van der Waals surface area contributed by atoms with Gasteiger partial charge >= 0.3 is 0 Å². The van der Waals surface area contributed by atoms with Gasteiger partial charge in [-0.3, -0.25) is 0 Å². The second kappa shape index (κ2) is 4.67. The fourth-order valence-electron chi connectivity index (χ4n) is 1.91. The van der Waals surface area contributed by atoms with Crippen molar-refractivity contribution in [2.24, 2.45) is 0 Å². The molecule has 0 spiro atoms. The number of hydrogen-bond donors (Lipinski definition) is 0. The minimum Gasteiger partial charge on any atom is -0.381 e. The van der Waals surface area contributed by atoms with Crippen LogP contribution in [0.15, 0.2) is 0 Å². The van der Waals surface area contributed by atoms with Gasteiger partial charge in [0, 0.05) is 30.8 Å². The molecule has 2 aliphatic rings. The first kappa shape index (κ1) is 9.81. The molecule has 0 aromatic heterocycles. The van der Waals surface area contributed by atoms with Gasteiger partial charge in [0.1, 0.15) is 0 Å². The van der Waals surface area contributed by atoms with Crippen molar-refractivity contribution in [1.82, 2.24) is 0 Å². The summed E-state index contributed by atoms with van der Waals surface area (Å²) >= 11 is 2.17. The van der Waals surface area contributed by atoms with Gasteiger partial charge in [-0.15, -0.1) is 0 Å². The van der Waals surface area contributed by atoms with Gasteiger partial charge in [0.05, 0.1) is 6.10 Å². The van der Waals surface area contributed by atoms with Gasteiger partial charge in [0.2, 0.25) is 0 Å². The normalized spacial score (nSPS) is 35.8. The number of hydrogen-bond acceptors (Lipinski definition) is 3. The van der Waals surface area contributed by atoms with E-state index in [0.29, 0.717) is 6.10 Å². The summed E-state index contributed by atoms with van der Waals surface area (Å²) in [5, 5.41) is 1.73. The Bertz CT molecular complexity index is 151. The van der Waals surface area contributed by atoms with Crippen LogP contribution in [0.25, 0.3) is 0 Å². The largest absolute Gasteiger partial charge is 0.381 e. The van der Waals surface area contributed by atoms with Crippen LogP contribution in [-0.2, 0) is 9.47 Å². The molecule has 0 aromatic carbocycles. The Kier molecular flexibility index (Phi) is 3.52. The Morgan fingerprint density at radius 3 is 2.46 bits per heavy atom. The molecule has 2 rings (SSSR count). The maximum absolute atomic E-state index is 5.34. The first-order valence-corrected chi connectivity index (χ1v) is 6.09. The summed E-state index contributed by atoms with van der Waals surface area (Å²) in [5.74, 6) is 0. The quantitative estimate of drug-likeness (QED) is 0.698. The number of rotatable bonds is 3. The molecule has 1 aliphatic heterocycles. The fourth-order valence-corrected chi connectivity index (χ4v) is 3.57. The molecular weight excluding hydrogens is 184 g/mol. The molecule has 0 N–H and O–H groups in total. The minimum absolute atomic E-state index is 0.553. The summed E-state index contributed by atoms with van der Waals surface area (Å²) in [6, 6.07) is 0. The average molecular weight is 202 g/mol. The molecule has 3 heteroatoms. The van der Waals surface area contributed by atoms with Gasteiger partial charge in [0.25, 0.3) is 0 Å². The van der Waals surface area contributed by atoms with Crippen molar-refractivity contribution in [3.8, 4) is 0 Å². The topological polar surface area (TPSA) is 18.5 Å². The van der Waals surface area contributed by atoms with Crippen molar-refractivity contribution in [1.29, 1.82) is 0 Å². The molecule has 0 unspecified atom stereocenters. The first-order valence-electron chi connectivity index (χ1n) is 5.14. The maximum Gasteiger partial charge on any atom is 0.0592 e. The lowest BCUT2D eigenvalue weighted by molar-refractivity contribution is 0.0452. The Hall–Kier alpha value is 0.270. The number of thioether (sulfide) groups is 1. The highest BCUT2D eigenvalue weighted by molar-refractivity contribution is 8.00. The zero-order valence-electron chi connectivity index (χ0n) is 8.20. The van der Waals surface area contributed by atoms with Crippen LogP contribution in [0.1, 0.15) is 25.7 Å². The van der Waals surface area contributed by atoms with E-state index < -0.39 is 0 Å². The highest BCUT2D eigenvalue weighted by Gasteiger charge is 2.31. The smallest absolute Gasteiger partial charge is 0.0592 e. The predicted octanol–water partition coefficient (Wildman–Crippen LogP) is 2.08. The van der Waals surface area contributed by atoms with Crippen LogP contribution in [0.5, 0.6) is 0 Å². The van der Waals surface area contributed by atoms with Gasteiger partial charge in [-0.05, 0) is 25.7 Å². The zero-order chi connectivity index (χ0) is 9.10. The van der Waals surface area contributed by atoms with Gasteiger partial charge in [-0.25, -0.2) is 0 Å². The molecule has 0 atom stereocenters. The Balaban J connectivity index is 1.62. The van der Waals surface area contributed by atoms with Gasteiger partial charge < -0.3 is 9.47 Å². The third-order valence-electron chi connectivity index (χ3n) is 2.94. The molecule has 1 aliphatic carbocycles. The molecule has 0 radical (unpaired) electrons. The molecular formula is C10H18O2S. The summed E-state index contributed by atoms with van der Waals surface area (Å²) in [4.78, 5) is 0. The fraction of sp³-hybridized carbons (Fsp3) is 1.00. The van der Waals surface area contributed by atoms with Crippen molar-refractivity contribution in [2.75, 3.05) is 20.3 Å². The van der Waals surface area contributed by atoms with E-state index in [1.807, 2.05) is 7.11 Å². The standard InChI is InChI=1S/C10H18O2S/c1-11-8-6-10(7-8)13-9-2-4-12-5-3-9/h8-10H,2-7H2,1H3. The van der Waals surface area contributed by atoms with Crippen molar-refractivity contribution in [2.45, 2.75) is 42.3 Å². The van der Waals surface area contributed by atoms with E-state index in [0.717, 1.165) is 23.7 Å². The molecule has 1 saturated heterocycles. The van der Waals surface area contributed by atoms with Crippen LogP contribution in [0, 0.1) is 0 Å². The number of ether oxygens (including phenoxy) is 2. The number of methoxy groups -OCH3 is 1. The predicted molar refractivity (Wildman–Crippen MR) is 55.3 cm³/mol. The lowest BCUT2D eigenvalue weighted by Gasteiger charge is -2.36. The summed E-state index contributed by atoms with van der Waals surface area (Å²) in [6.45, 7) is 1.94. The van der Waals surface area contributed by atoms with Crippen LogP contribution in [0.2, 0.25) is 0 Å². The summed E-state index contributed by atoms with van der Waals surface area (Å²) in [5.41, 5.74) is 0. The monoisotopic (exact) mass is 202 g/mol. The van der Waals surface area contributed by atoms with E-state index in [-0.39, 0.29) is 0 Å². The summed E-state index contributed by atoms with van der Waals surface area (Å²) < 4.78 is 10.6. The maximum atomic E-state index is 5.34. The molecule has 2 fully saturated rings. The van der Waals surface area contributed by atoms with E-state index in [2.05, 4.69) is 11.8 Å². The van der Waals surface area contributed by atoms with E-state index in [1.165, 1.54) is 25.7 Å². The molecule has 0 bridgehead atoms.